The molecule has 3 heteroatoms. The van der Waals surface area contributed by atoms with Crippen molar-refractivity contribution in [2.24, 2.45) is 5.73 Å². The fourth-order valence-electron chi connectivity index (χ4n) is 3.24. The number of rotatable bonds is 4. The molecule has 1 aliphatic heterocycles. The molecule has 0 saturated carbocycles. The number of aryl methyl sites for hydroxylation is 1. The maximum atomic E-state index is 6.65. The second-order valence-electron chi connectivity index (χ2n) is 6.30. The molecule has 0 aromatic heterocycles. The minimum absolute atomic E-state index is 0.418. The molecule has 1 unspecified atom stereocenters. The van der Waals surface area contributed by atoms with Crippen LogP contribution in [0, 0.1) is 0 Å². The Balaban J connectivity index is 1.85. The van der Waals surface area contributed by atoms with Crippen molar-refractivity contribution in [1.82, 2.24) is 0 Å². The number of anilines is 1. The Morgan fingerprint density at radius 2 is 2.00 bits per heavy atom. The van der Waals surface area contributed by atoms with Crippen molar-refractivity contribution in [3.05, 3.63) is 59.7 Å². The third-order valence-corrected chi connectivity index (χ3v) is 4.45. The van der Waals surface area contributed by atoms with Crippen LogP contribution in [-0.2, 0) is 12.0 Å². The number of hydrogen-bond donors (Lipinski definition) is 1. The van der Waals surface area contributed by atoms with Crippen LogP contribution in [-0.4, -0.2) is 20.2 Å². The summed E-state index contributed by atoms with van der Waals surface area (Å²) in [6.07, 6.45) is 2.35. The summed E-state index contributed by atoms with van der Waals surface area (Å²) in [7, 11) is 1.69. The summed E-state index contributed by atoms with van der Waals surface area (Å²) < 4.78 is 5.33. The quantitative estimate of drug-likeness (QED) is 0.940. The normalized spacial score (nSPS) is 16.8. The van der Waals surface area contributed by atoms with E-state index < -0.39 is 5.54 Å². The number of nitrogens with zero attached hydrogens (tertiary/aromatic N) is 1. The smallest absolute Gasteiger partial charge is 0.119 e. The number of benzene rings is 2. The Morgan fingerprint density at radius 1 is 1.18 bits per heavy atom. The molecule has 1 heterocycles. The van der Waals surface area contributed by atoms with Crippen molar-refractivity contribution in [2.75, 3.05) is 25.1 Å². The van der Waals surface area contributed by atoms with Gasteiger partial charge in [0.05, 0.1) is 12.6 Å². The Labute approximate surface area is 132 Å². The topological polar surface area (TPSA) is 38.5 Å². The van der Waals surface area contributed by atoms with Crippen LogP contribution in [0.25, 0.3) is 0 Å². The zero-order valence-corrected chi connectivity index (χ0v) is 13.4. The minimum Gasteiger partial charge on any atom is -0.497 e. The van der Waals surface area contributed by atoms with Crippen LogP contribution in [0.3, 0.4) is 0 Å². The van der Waals surface area contributed by atoms with Crippen LogP contribution in [0.15, 0.2) is 48.5 Å². The second-order valence-corrected chi connectivity index (χ2v) is 6.30. The predicted octanol–water partition coefficient (Wildman–Crippen LogP) is 3.32. The Hall–Kier alpha value is -2.00. The van der Waals surface area contributed by atoms with Crippen LogP contribution >= 0.6 is 0 Å². The molecule has 0 amide bonds. The van der Waals surface area contributed by atoms with E-state index >= 15 is 0 Å². The van der Waals surface area contributed by atoms with Gasteiger partial charge in [-0.05, 0) is 49.1 Å². The van der Waals surface area contributed by atoms with E-state index in [9.17, 15) is 0 Å². The highest BCUT2D eigenvalue weighted by atomic mass is 16.5. The van der Waals surface area contributed by atoms with Crippen LogP contribution in [0.5, 0.6) is 5.75 Å². The monoisotopic (exact) mass is 296 g/mol. The first-order chi connectivity index (χ1) is 10.6. The molecule has 0 bridgehead atoms. The third-order valence-electron chi connectivity index (χ3n) is 4.45. The molecule has 22 heavy (non-hydrogen) atoms. The van der Waals surface area contributed by atoms with Crippen molar-refractivity contribution < 1.29 is 4.74 Å². The number of fused-ring (bicyclic) bond motifs is 1. The SMILES string of the molecule is COc1cccc(C(C)(N)CN2CCCc3ccccc32)c1. The largest absolute Gasteiger partial charge is 0.497 e. The lowest BCUT2D eigenvalue weighted by atomic mass is 9.90. The molecule has 3 nitrogen and oxygen atoms in total. The first-order valence-electron chi connectivity index (χ1n) is 7.86. The summed E-state index contributed by atoms with van der Waals surface area (Å²) in [4.78, 5) is 2.41. The molecule has 0 aliphatic carbocycles. The average Bonchev–Trinajstić information content (AvgIpc) is 2.55. The molecule has 0 radical (unpaired) electrons. The van der Waals surface area contributed by atoms with Gasteiger partial charge < -0.3 is 15.4 Å². The third kappa shape index (κ3) is 2.95. The van der Waals surface area contributed by atoms with Crippen LogP contribution in [0.1, 0.15) is 24.5 Å². The summed E-state index contributed by atoms with van der Waals surface area (Å²) in [6, 6.07) is 16.7. The lowest BCUT2D eigenvalue weighted by Crippen LogP contribution is -2.47. The number of ether oxygens (including phenoxy) is 1. The second kappa shape index (κ2) is 6.01. The molecule has 0 saturated heterocycles. The number of para-hydroxylation sites is 1. The highest BCUT2D eigenvalue weighted by Gasteiger charge is 2.27. The van der Waals surface area contributed by atoms with Gasteiger partial charge in [0.2, 0.25) is 0 Å². The van der Waals surface area contributed by atoms with Gasteiger partial charge in [0.25, 0.3) is 0 Å². The Morgan fingerprint density at radius 3 is 2.82 bits per heavy atom. The van der Waals surface area contributed by atoms with Crippen LogP contribution < -0.4 is 15.4 Å². The van der Waals surface area contributed by atoms with Crippen LogP contribution in [0.2, 0.25) is 0 Å². The molecule has 116 valence electrons. The highest BCUT2D eigenvalue weighted by Crippen LogP contribution is 2.30. The van der Waals surface area contributed by atoms with Gasteiger partial charge in [-0.2, -0.15) is 0 Å². The van der Waals surface area contributed by atoms with E-state index in [-0.39, 0.29) is 0 Å². The van der Waals surface area contributed by atoms with E-state index in [0.29, 0.717) is 0 Å². The highest BCUT2D eigenvalue weighted by molar-refractivity contribution is 5.56. The van der Waals surface area contributed by atoms with Crippen molar-refractivity contribution in [3.63, 3.8) is 0 Å². The minimum atomic E-state index is -0.418. The number of nitrogens with two attached hydrogens (primary N) is 1. The lowest BCUT2D eigenvalue weighted by molar-refractivity contribution is 0.410. The van der Waals surface area contributed by atoms with Gasteiger partial charge in [-0.1, -0.05) is 30.3 Å². The summed E-state index contributed by atoms with van der Waals surface area (Å²) in [5, 5.41) is 0. The van der Waals surface area contributed by atoms with E-state index in [0.717, 1.165) is 30.8 Å². The van der Waals surface area contributed by atoms with Gasteiger partial charge in [-0.15, -0.1) is 0 Å². The first-order valence-corrected chi connectivity index (χ1v) is 7.86. The fourth-order valence-corrected chi connectivity index (χ4v) is 3.24. The summed E-state index contributed by atoms with van der Waals surface area (Å²) in [5.41, 5.74) is 10.1. The maximum Gasteiger partial charge on any atom is 0.119 e. The summed E-state index contributed by atoms with van der Waals surface area (Å²) >= 11 is 0. The van der Waals surface area contributed by atoms with Gasteiger partial charge in [-0.25, -0.2) is 0 Å². The number of hydrogen-bond acceptors (Lipinski definition) is 3. The Bertz CT molecular complexity index is 651. The van der Waals surface area contributed by atoms with Gasteiger partial charge in [-0.3, -0.25) is 0 Å². The summed E-state index contributed by atoms with van der Waals surface area (Å²) in [5.74, 6) is 0.855. The van der Waals surface area contributed by atoms with Crippen molar-refractivity contribution >= 4 is 5.69 Å². The van der Waals surface area contributed by atoms with E-state index in [1.165, 1.54) is 17.7 Å². The van der Waals surface area contributed by atoms with Crippen molar-refractivity contribution in [2.45, 2.75) is 25.3 Å². The van der Waals surface area contributed by atoms with Gasteiger partial charge in [0.15, 0.2) is 0 Å². The average molecular weight is 296 g/mol. The molecular weight excluding hydrogens is 272 g/mol. The van der Waals surface area contributed by atoms with E-state index in [1.807, 2.05) is 18.2 Å². The van der Waals surface area contributed by atoms with E-state index in [1.54, 1.807) is 7.11 Å². The van der Waals surface area contributed by atoms with Crippen molar-refractivity contribution in [1.29, 1.82) is 0 Å². The maximum absolute atomic E-state index is 6.65. The predicted molar refractivity (Wildman–Crippen MR) is 91.5 cm³/mol. The zero-order valence-electron chi connectivity index (χ0n) is 13.4. The van der Waals surface area contributed by atoms with Gasteiger partial charge >= 0.3 is 0 Å². The first kappa shape index (κ1) is 14.9. The van der Waals surface area contributed by atoms with E-state index in [2.05, 4.69) is 42.2 Å². The zero-order chi connectivity index (χ0) is 15.6. The summed E-state index contributed by atoms with van der Waals surface area (Å²) in [6.45, 7) is 3.96. The van der Waals surface area contributed by atoms with E-state index in [4.69, 9.17) is 10.5 Å². The number of methoxy groups -OCH3 is 1. The molecule has 1 atom stereocenters. The molecule has 1 aliphatic rings. The molecular formula is C19H24N2O. The Kier molecular flexibility index (Phi) is 4.08. The molecule has 0 fully saturated rings. The molecule has 3 rings (SSSR count). The molecule has 2 aromatic rings. The molecule has 2 aromatic carbocycles. The van der Waals surface area contributed by atoms with Crippen LogP contribution in [0.4, 0.5) is 5.69 Å². The van der Waals surface area contributed by atoms with Crippen molar-refractivity contribution in [3.8, 4) is 5.75 Å². The lowest BCUT2D eigenvalue weighted by Gasteiger charge is -2.38. The fraction of sp³-hybridized carbons (Fsp3) is 0.368. The standard InChI is InChI=1S/C19H24N2O/c1-19(20,16-9-5-10-17(13-16)22-2)14-21-12-6-8-15-7-3-4-11-18(15)21/h3-5,7,9-11,13H,6,8,12,14,20H2,1-2H3. The van der Waals surface area contributed by atoms with Gasteiger partial charge in [0.1, 0.15) is 5.75 Å². The molecule has 2 N–H and O–H groups in total. The van der Waals surface area contributed by atoms with Gasteiger partial charge in [0, 0.05) is 18.8 Å². The molecule has 0 spiro atoms.